The molecule has 0 aliphatic heterocycles. The molecular formula is C10H14BrN3O2. The number of rotatable bonds is 1. The number of nitrogens with zero attached hydrogens (tertiary/aromatic N) is 3. The number of anilines is 1. The van der Waals surface area contributed by atoms with Crippen molar-refractivity contribution in [2.45, 2.75) is 26.4 Å². The van der Waals surface area contributed by atoms with E-state index in [9.17, 15) is 4.79 Å². The summed E-state index contributed by atoms with van der Waals surface area (Å²) in [6.45, 7) is 5.43. The van der Waals surface area contributed by atoms with Gasteiger partial charge >= 0.3 is 6.09 Å². The zero-order valence-electron chi connectivity index (χ0n) is 9.69. The molecule has 1 aromatic heterocycles. The van der Waals surface area contributed by atoms with E-state index in [0.717, 1.165) is 0 Å². The summed E-state index contributed by atoms with van der Waals surface area (Å²) in [7, 11) is 1.59. The van der Waals surface area contributed by atoms with Gasteiger partial charge in [-0.3, -0.25) is 4.90 Å². The van der Waals surface area contributed by atoms with Crippen LogP contribution in [0.5, 0.6) is 0 Å². The van der Waals surface area contributed by atoms with Crippen molar-refractivity contribution in [2.75, 3.05) is 11.9 Å². The monoisotopic (exact) mass is 287 g/mol. The molecule has 0 spiro atoms. The number of ether oxygens (including phenoxy) is 1. The first-order chi connectivity index (χ1) is 7.29. The van der Waals surface area contributed by atoms with Crippen molar-refractivity contribution in [3.63, 3.8) is 0 Å². The van der Waals surface area contributed by atoms with E-state index in [1.165, 1.54) is 4.90 Å². The van der Waals surface area contributed by atoms with E-state index in [4.69, 9.17) is 4.74 Å². The summed E-state index contributed by atoms with van der Waals surface area (Å²) in [5.74, 6) is 0.442. The van der Waals surface area contributed by atoms with Crippen molar-refractivity contribution in [3.8, 4) is 0 Å². The molecule has 5 nitrogen and oxygen atoms in total. The molecule has 0 saturated heterocycles. The van der Waals surface area contributed by atoms with Crippen LogP contribution in [0.4, 0.5) is 10.6 Å². The van der Waals surface area contributed by atoms with Gasteiger partial charge in [-0.05, 0) is 48.8 Å². The summed E-state index contributed by atoms with van der Waals surface area (Å²) in [6, 6.07) is 3.39. The van der Waals surface area contributed by atoms with Crippen molar-refractivity contribution in [3.05, 3.63) is 16.7 Å². The molecule has 0 saturated carbocycles. The van der Waals surface area contributed by atoms with Crippen LogP contribution in [0.3, 0.4) is 0 Å². The first-order valence-electron chi connectivity index (χ1n) is 4.75. The standard InChI is InChI=1S/C10H14BrN3O2/c1-10(2,3)16-9(15)14(4)8-6-5-7(11)12-13-8/h5-6H,1-4H3. The number of hydrogen-bond donors (Lipinski definition) is 0. The van der Waals surface area contributed by atoms with Gasteiger partial charge in [0.15, 0.2) is 5.82 Å². The predicted molar refractivity (Wildman–Crippen MR) is 64.4 cm³/mol. The molecule has 0 N–H and O–H groups in total. The highest BCUT2D eigenvalue weighted by Crippen LogP contribution is 2.15. The van der Waals surface area contributed by atoms with Crippen LogP contribution in [0.2, 0.25) is 0 Å². The Labute approximate surface area is 103 Å². The molecule has 0 atom stereocenters. The molecule has 0 radical (unpaired) electrons. The van der Waals surface area contributed by atoms with Crippen LogP contribution in [-0.2, 0) is 4.74 Å². The van der Waals surface area contributed by atoms with Crippen molar-refractivity contribution in [2.24, 2.45) is 0 Å². The highest BCUT2D eigenvalue weighted by Gasteiger charge is 2.21. The molecular weight excluding hydrogens is 274 g/mol. The van der Waals surface area contributed by atoms with Crippen molar-refractivity contribution in [1.82, 2.24) is 10.2 Å². The molecule has 0 fully saturated rings. The van der Waals surface area contributed by atoms with Gasteiger partial charge in [0.1, 0.15) is 10.2 Å². The molecule has 16 heavy (non-hydrogen) atoms. The van der Waals surface area contributed by atoms with Crippen LogP contribution in [0, 0.1) is 0 Å². The third-order valence-electron chi connectivity index (χ3n) is 1.63. The van der Waals surface area contributed by atoms with Crippen LogP contribution in [0.1, 0.15) is 20.8 Å². The number of carbonyl (C=O) groups is 1. The predicted octanol–water partition coefficient (Wildman–Crippen LogP) is 2.61. The minimum absolute atomic E-state index is 0.442. The largest absolute Gasteiger partial charge is 0.443 e. The number of halogens is 1. The molecule has 1 aromatic rings. The lowest BCUT2D eigenvalue weighted by molar-refractivity contribution is 0.0588. The minimum atomic E-state index is -0.520. The van der Waals surface area contributed by atoms with Gasteiger partial charge in [0, 0.05) is 7.05 Å². The highest BCUT2D eigenvalue weighted by molar-refractivity contribution is 9.10. The normalized spacial score (nSPS) is 11.1. The number of hydrogen-bond acceptors (Lipinski definition) is 4. The average molecular weight is 288 g/mol. The molecule has 0 bridgehead atoms. The van der Waals surface area contributed by atoms with Gasteiger partial charge in [0.2, 0.25) is 0 Å². The molecule has 6 heteroatoms. The Morgan fingerprint density at radius 2 is 2.00 bits per heavy atom. The van der Waals surface area contributed by atoms with Crippen LogP contribution in [0.25, 0.3) is 0 Å². The molecule has 88 valence electrons. The maximum absolute atomic E-state index is 11.7. The molecule has 1 rings (SSSR count). The van der Waals surface area contributed by atoms with Gasteiger partial charge in [-0.25, -0.2) is 4.79 Å². The quantitative estimate of drug-likeness (QED) is 0.797. The van der Waals surface area contributed by atoms with E-state index >= 15 is 0 Å². The minimum Gasteiger partial charge on any atom is -0.443 e. The molecule has 1 heterocycles. The Hall–Kier alpha value is -1.17. The van der Waals surface area contributed by atoms with E-state index in [-0.39, 0.29) is 0 Å². The number of aromatic nitrogens is 2. The highest BCUT2D eigenvalue weighted by atomic mass is 79.9. The van der Waals surface area contributed by atoms with Gasteiger partial charge in [-0.15, -0.1) is 10.2 Å². The van der Waals surface area contributed by atoms with Crippen LogP contribution >= 0.6 is 15.9 Å². The Bertz CT molecular complexity index is 373. The second-order valence-electron chi connectivity index (χ2n) is 4.25. The Morgan fingerprint density at radius 1 is 1.38 bits per heavy atom. The molecule has 0 aliphatic rings. The summed E-state index contributed by atoms with van der Waals surface area (Å²) in [5.41, 5.74) is -0.520. The van der Waals surface area contributed by atoms with Gasteiger partial charge in [-0.2, -0.15) is 0 Å². The van der Waals surface area contributed by atoms with Gasteiger partial charge < -0.3 is 4.74 Å². The van der Waals surface area contributed by atoms with E-state index in [0.29, 0.717) is 10.4 Å². The summed E-state index contributed by atoms with van der Waals surface area (Å²) in [4.78, 5) is 13.0. The molecule has 0 unspecified atom stereocenters. The zero-order chi connectivity index (χ0) is 12.3. The van der Waals surface area contributed by atoms with E-state index < -0.39 is 11.7 Å². The van der Waals surface area contributed by atoms with Crippen molar-refractivity contribution < 1.29 is 9.53 Å². The Balaban J connectivity index is 2.74. The topological polar surface area (TPSA) is 55.3 Å². The Morgan fingerprint density at radius 3 is 2.44 bits per heavy atom. The zero-order valence-corrected chi connectivity index (χ0v) is 11.3. The van der Waals surface area contributed by atoms with E-state index in [2.05, 4.69) is 26.1 Å². The lowest BCUT2D eigenvalue weighted by Gasteiger charge is -2.23. The fraction of sp³-hybridized carbons (Fsp3) is 0.500. The van der Waals surface area contributed by atoms with E-state index in [1.54, 1.807) is 19.2 Å². The summed E-state index contributed by atoms with van der Waals surface area (Å²) in [6.07, 6.45) is -0.455. The fourth-order valence-corrected chi connectivity index (χ4v) is 1.12. The molecule has 0 aromatic carbocycles. The lowest BCUT2D eigenvalue weighted by Crippen LogP contribution is -2.34. The smallest absolute Gasteiger partial charge is 0.415 e. The average Bonchev–Trinajstić information content (AvgIpc) is 2.15. The third kappa shape index (κ3) is 3.77. The van der Waals surface area contributed by atoms with Gasteiger partial charge in [-0.1, -0.05) is 0 Å². The van der Waals surface area contributed by atoms with Gasteiger partial charge in [0.05, 0.1) is 0 Å². The summed E-state index contributed by atoms with van der Waals surface area (Å²) in [5, 5.41) is 7.65. The van der Waals surface area contributed by atoms with Gasteiger partial charge in [0.25, 0.3) is 0 Å². The second kappa shape index (κ2) is 4.78. The van der Waals surface area contributed by atoms with Crippen molar-refractivity contribution in [1.29, 1.82) is 0 Å². The third-order valence-corrected chi connectivity index (χ3v) is 2.05. The second-order valence-corrected chi connectivity index (χ2v) is 5.07. The van der Waals surface area contributed by atoms with Crippen LogP contribution in [0.15, 0.2) is 16.7 Å². The summed E-state index contributed by atoms with van der Waals surface area (Å²) >= 11 is 3.17. The van der Waals surface area contributed by atoms with Crippen molar-refractivity contribution >= 4 is 27.8 Å². The Kier molecular flexibility index (Phi) is 3.85. The fourth-order valence-electron chi connectivity index (χ4n) is 0.912. The maximum atomic E-state index is 11.7. The first kappa shape index (κ1) is 12.9. The number of carbonyl (C=O) groups excluding carboxylic acids is 1. The van der Waals surface area contributed by atoms with Crippen LogP contribution < -0.4 is 4.90 Å². The molecule has 0 aliphatic carbocycles. The maximum Gasteiger partial charge on any atom is 0.415 e. The first-order valence-corrected chi connectivity index (χ1v) is 5.55. The lowest BCUT2D eigenvalue weighted by atomic mass is 10.2. The number of amides is 1. The summed E-state index contributed by atoms with van der Waals surface area (Å²) < 4.78 is 5.81. The SMILES string of the molecule is CN(C(=O)OC(C)(C)C)c1ccc(Br)nn1. The van der Waals surface area contributed by atoms with Crippen LogP contribution in [-0.4, -0.2) is 28.9 Å². The molecule has 1 amide bonds. The van der Waals surface area contributed by atoms with E-state index in [1.807, 2.05) is 20.8 Å².